The second kappa shape index (κ2) is 7.12. The maximum absolute atomic E-state index is 6.05. The van der Waals surface area contributed by atoms with E-state index in [0.717, 1.165) is 18.5 Å². The third-order valence-corrected chi connectivity index (χ3v) is 4.13. The first-order valence-corrected chi connectivity index (χ1v) is 7.56. The Morgan fingerprint density at radius 3 is 2.55 bits per heavy atom. The van der Waals surface area contributed by atoms with E-state index < -0.39 is 0 Å². The van der Waals surface area contributed by atoms with Gasteiger partial charge in [-0.1, -0.05) is 59.1 Å². The Hall–Kier alpha value is -1.02. The smallest absolute Gasteiger partial charge is 0.0595 e. The monoisotopic (exact) mass is 307 g/mol. The van der Waals surface area contributed by atoms with Crippen molar-refractivity contribution in [2.24, 2.45) is 0 Å². The number of halogens is 2. The van der Waals surface area contributed by atoms with Crippen LogP contribution in [0.3, 0.4) is 0 Å². The first kappa shape index (κ1) is 15.4. The molecule has 0 saturated heterocycles. The summed E-state index contributed by atoms with van der Waals surface area (Å²) >= 11 is 12.0. The molecule has 1 N–H and O–H groups in total. The third-order valence-electron chi connectivity index (χ3n) is 3.39. The summed E-state index contributed by atoms with van der Waals surface area (Å²) in [5.41, 5.74) is 3.82. The molecule has 0 radical (unpaired) electrons. The quantitative estimate of drug-likeness (QED) is 0.801. The molecule has 2 aromatic carbocycles. The van der Waals surface area contributed by atoms with Crippen molar-refractivity contribution in [2.45, 2.75) is 26.3 Å². The largest absolute Gasteiger partial charge is 0.310 e. The van der Waals surface area contributed by atoms with Gasteiger partial charge in [-0.25, -0.2) is 0 Å². The van der Waals surface area contributed by atoms with Crippen molar-refractivity contribution in [3.8, 4) is 0 Å². The van der Waals surface area contributed by atoms with Crippen LogP contribution in [0.1, 0.15) is 29.7 Å². The molecule has 1 nitrogen and oxygen atoms in total. The van der Waals surface area contributed by atoms with Gasteiger partial charge < -0.3 is 5.32 Å². The molecule has 20 heavy (non-hydrogen) atoms. The van der Waals surface area contributed by atoms with Crippen LogP contribution in [0.25, 0.3) is 0 Å². The molecule has 3 heteroatoms. The van der Waals surface area contributed by atoms with Crippen molar-refractivity contribution in [1.82, 2.24) is 5.32 Å². The van der Waals surface area contributed by atoms with Gasteiger partial charge in [-0.05, 0) is 50.1 Å². The maximum Gasteiger partial charge on any atom is 0.0595 e. The van der Waals surface area contributed by atoms with Gasteiger partial charge in [0.2, 0.25) is 0 Å². The molecular formula is C17H19Cl2N. The van der Waals surface area contributed by atoms with E-state index in [2.05, 4.69) is 43.4 Å². The average molecular weight is 308 g/mol. The molecule has 0 bridgehead atoms. The van der Waals surface area contributed by atoms with E-state index in [1.54, 1.807) is 0 Å². The summed E-state index contributed by atoms with van der Waals surface area (Å²) in [6, 6.07) is 14.7. The molecule has 106 valence electrons. The first-order valence-electron chi connectivity index (χ1n) is 6.80. The topological polar surface area (TPSA) is 12.0 Å². The lowest BCUT2D eigenvalue weighted by Crippen LogP contribution is -2.21. The minimum Gasteiger partial charge on any atom is -0.310 e. The standard InChI is InChI=1S/C17H19Cl2N/c1-12-4-3-5-14(10-12)8-9-20-13(2)15-6-7-16(18)17(19)11-15/h3-7,10-11,13,20H,8-9H2,1-2H3. The van der Waals surface area contributed by atoms with Gasteiger partial charge in [-0.2, -0.15) is 0 Å². The Morgan fingerprint density at radius 1 is 1.05 bits per heavy atom. The fraction of sp³-hybridized carbons (Fsp3) is 0.294. The second-order valence-electron chi connectivity index (χ2n) is 5.09. The molecule has 0 aromatic heterocycles. The summed E-state index contributed by atoms with van der Waals surface area (Å²) in [4.78, 5) is 0. The van der Waals surface area contributed by atoms with Crippen LogP contribution in [0, 0.1) is 6.92 Å². The Kier molecular flexibility index (Phi) is 5.47. The van der Waals surface area contributed by atoms with E-state index in [4.69, 9.17) is 23.2 Å². The lowest BCUT2D eigenvalue weighted by Gasteiger charge is -2.15. The molecule has 0 spiro atoms. The Balaban J connectivity index is 1.88. The highest BCUT2D eigenvalue weighted by Crippen LogP contribution is 2.25. The van der Waals surface area contributed by atoms with E-state index in [-0.39, 0.29) is 6.04 Å². The van der Waals surface area contributed by atoms with Crippen molar-refractivity contribution in [1.29, 1.82) is 0 Å². The normalized spacial score (nSPS) is 12.4. The molecule has 0 aliphatic carbocycles. The Morgan fingerprint density at radius 2 is 1.85 bits per heavy atom. The number of benzene rings is 2. The Bertz CT molecular complexity index is 581. The van der Waals surface area contributed by atoms with E-state index >= 15 is 0 Å². The second-order valence-corrected chi connectivity index (χ2v) is 5.90. The SMILES string of the molecule is Cc1cccc(CCNC(C)c2ccc(Cl)c(Cl)c2)c1. The third kappa shape index (κ3) is 4.24. The molecular weight excluding hydrogens is 289 g/mol. The molecule has 1 atom stereocenters. The average Bonchev–Trinajstić information content (AvgIpc) is 2.42. The van der Waals surface area contributed by atoms with Crippen molar-refractivity contribution in [3.63, 3.8) is 0 Å². The van der Waals surface area contributed by atoms with Crippen LogP contribution in [-0.2, 0) is 6.42 Å². The molecule has 0 aliphatic rings. The van der Waals surface area contributed by atoms with E-state index in [0.29, 0.717) is 10.0 Å². The van der Waals surface area contributed by atoms with Gasteiger partial charge >= 0.3 is 0 Å². The number of nitrogens with one attached hydrogen (secondary N) is 1. The Labute approximate surface area is 130 Å². The van der Waals surface area contributed by atoms with Gasteiger partial charge in [0.25, 0.3) is 0 Å². The van der Waals surface area contributed by atoms with Crippen LogP contribution in [-0.4, -0.2) is 6.54 Å². The summed E-state index contributed by atoms with van der Waals surface area (Å²) in [7, 11) is 0. The predicted molar refractivity (Wildman–Crippen MR) is 87.8 cm³/mol. The van der Waals surface area contributed by atoms with Gasteiger partial charge in [0, 0.05) is 6.04 Å². The van der Waals surface area contributed by atoms with Crippen molar-refractivity contribution < 1.29 is 0 Å². The van der Waals surface area contributed by atoms with Gasteiger partial charge in [-0.3, -0.25) is 0 Å². The summed E-state index contributed by atoms with van der Waals surface area (Å²) < 4.78 is 0. The van der Waals surface area contributed by atoms with E-state index in [9.17, 15) is 0 Å². The minimum atomic E-state index is 0.259. The van der Waals surface area contributed by atoms with Crippen LogP contribution in [0.4, 0.5) is 0 Å². The van der Waals surface area contributed by atoms with Crippen LogP contribution in [0.2, 0.25) is 10.0 Å². The molecule has 1 unspecified atom stereocenters. The highest BCUT2D eigenvalue weighted by atomic mass is 35.5. The van der Waals surface area contributed by atoms with Gasteiger partial charge in [-0.15, -0.1) is 0 Å². The van der Waals surface area contributed by atoms with Crippen molar-refractivity contribution >= 4 is 23.2 Å². The number of hydrogen-bond donors (Lipinski definition) is 1. The fourth-order valence-electron chi connectivity index (χ4n) is 2.20. The van der Waals surface area contributed by atoms with Gasteiger partial charge in [0.05, 0.1) is 10.0 Å². The lowest BCUT2D eigenvalue weighted by molar-refractivity contribution is 0.577. The molecule has 0 saturated carbocycles. The zero-order chi connectivity index (χ0) is 14.5. The van der Waals surface area contributed by atoms with Crippen LogP contribution in [0.5, 0.6) is 0 Å². The van der Waals surface area contributed by atoms with Gasteiger partial charge in [0.1, 0.15) is 0 Å². The number of hydrogen-bond acceptors (Lipinski definition) is 1. The summed E-state index contributed by atoms with van der Waals surface area (Å²) in [5, 5.41) is 4.72. The molecule has 2 aromatic rings. The summed E-state index contributed by atoms with van der Waals surface area (Å²) in [5.74, 6) is 0. The molecule has 0 heterocycles. The number of rotatable bonds is 5. The molecule has 0 amide bonds. The maximum atomic E-state index is 6.05. The van der Waals surface area contributed by atoms with Crippen LogP contribution in [0.15, 0.2) is 42.5 Å². The zero-order valence-electron chi connectivity index (χ0n) is 11.8. The molecule has 2 rings (SSSR count). The van der Waals surface area contributed by atoms with E-state index in [1.165, 1.54) is 11.1 Å². The minimum absolute atomic E-state index is 0.259. The molecule has 0 aliphatic heterocycles. The first-order chi connectivity index (χ1) is 9.56. The van der Waals surface area contributed by atoms with Crippen molar-refractivity contribution in [2.75, 3.05) is 6.54 Å². The van der Waals surface area contributed by atoms with Crippen LogP contribution < -0.4 is 5.32 Å². The molecule has 0 fully saturated rings. The predicted octanol–water partition coefficient (Wildman–Crippen LogP) is 5.20. The van der Waals surface area contributed by atoms with Crippen LogP contribution >= 0.6 is 23.2 Å². The fourth-order valence-corrected chi connectivity index (χ4v) is 2.51. The van der Waals surface area contributed by atoms with Crippen molar-refractivity contribution in [3.05, 3.63) is 69.2 Å². The zero-order valence-corrected chi connectivity index (χ0v) is 13.3. The highest BCUT2D eigenvalue weighted by molar-refractivity contribution is 6.42. The highest BCUT2D eigenvalue weighted by Gasteiger charge is 2.07. The summed E-state index contributed by atoms with van der Waals surface area (Å²) in [6.45, 7) is 5.19. The summed E-state index contributed by atoms with van der Waals surface area (Å²) in [6.07, 6.45) is 1.02. The van der Waals surface area contributed by atoms with E-state index in [1.807, 2.05) is 18.2 Å². The number of aryl methyl sites for hydroxylation is 1. The lowest BCUT2D eigenvalue weighted by atomic mass is 10.1. The van der Waals surface area contributed by atoms with Gasteiger partial charge in [0.15, 0.2) is 0 Å².